The van der Waals surface area contributed by atoms with Gasteiger partial charge in [-0.25, -0.2) is 9.97 Å². The number of piperazine rings is 1. The molecule has 5 nitrogen and oxygen atoms in total. The third kappa shape index (κ3) is 3.93. The quantitative estimate of drug-likeness (QED) is 0.596. The van der Waals surface area contributed by atoms with E-state index in [4.69, 9.17) is 9.97 Å². The number of aromatic nitrogens is 2. The molecule has 2 aliphatic rings. The summed E-state index contributed by atoms with van der Waals surface area (Å²) < 4.78 is 0. The van der Waals surface area contributed by atoms with Crippen LogP contribution in [-0.4, -0.2) is 47.0 Å². The highest BCUT2D eigenvalue weighted by molar-refractivity contribution is 7.19. The van der Waals surface area contributed by atoms with Gasteiger partial charge in [-0.05, 0) is 49.3 Å². The van der Waals surface area contributed by atoms with E-state index in [2.05, 4.69) is 18.7 Å². The summed E-state index contributed by atoms with van der Waals surface area (Å²) in [5.41, 5.74) is 2.26. The van der Waals surface area contributed by atoms with Crippen LogP contribution in [0, 0.1) is 5.92 Å². The van der Waals surface area contributed by atoms with Crippen LogP contribution < -0.4 is 4.90 Å². The molecular weight excluding hydrogens is 404 g/mol. The highest BCUT2D eigenvalue weighted by Gasteiger charge is 2.28. The van der Waals surface area contributed by atoms with Crippen molar-refractivity contribution in [3.05, 3.63) is 52.2 Å². The molecule has 1 aliphatic carbocycles. The highest BCUT2D eigenvalue weighted by Crippen LogP contribution is 2.41. The van der Waals surface area contributed by atoms with Crippen molar-refractivity contribution < 1.29 is 4.79 Å². The van der Waals surface area contributed by atoms with E-state index in [0.717, 1.165) is 79.8 Å². The van der Waals surface area contributed by atoms with Crippen LogP contribution >= 0.6 is 11.3 Å². The number of carbonyl (C=O) groups is 1. The summed E-state index contributed by atoms with van der Waals surface area (Å²) in [6.45, 7) is 7.62. The van der Waals surface area contributed by atoms with Crippen LogP contribution in [-0.2, 0) is 19.3 Å². The summed E-state index contributed by atoms with van der Waals surface area (Å²) in [5, 5.41) is 1.29. The fourth-order valence-corrected chi connectivity index (χ4v) is 6.21. The minimum absolute atomic E-state index is 0.127. The predicted molar refractivity (Wildman–Crippen MR) is 127 cm³/mol. The fourth-order valence-electron chi connectivity index (χ4n) is 4.81. The zero-order valence-corrected chi connectivity index (χ0v) is 19.2. The Hall–Kier alpha value is -2.47. The zero-order valence-electron chi connectivity index (χ0n) is 18.4. The number of fused-ring (bicyclic) bond motifs is 3. The van der Waals surface area contributed by atoms with E-state index >= 15 is 0 Å². The van der Waals surface area contributed by atoms with Crippen LogP contribution in [0.4, 0.5) is 5.82 Å². The van der Waals surface area contributed by atoms with Crippen molar-refractivity contribution in [1.29, 1.82) is 0 Å². The average Bonchev–Trinajstić information content (AvgIpc) is 3.16. The number of hydrogen-bond acceptors (Lipinski definition) is 5. The van der Waals surface area contributed by atoms with E-state index in [1.165, 1.54) is 22.2 Å². The molecule has 1 aliphatic heterocycles. The second-order valence-electron chi connectivity index (χ2n) is 8.89. The topological polar surface area (TPSA) is 49.3 Å². The number of amides is 1. The van der Waals surface area contributed by atoms with Gasteiger partial charge in [-0.15, -0.1) is 11.3 Å². The van der Waals surface area contributed by atoms with Crippen LogP contribution in [0.5, 0.6) is 0 Å². The summed E-state index contributed by atoms with van der Waals surface area (Å²) in [4.78, 5) is 29.9. The van der Waals surface area contributed by atoms with Crippen molar-refractivity contribution in [2.75, 3.05) is 31.1 Å². The summed E-state index contributed by atoms with van der Waals surface area (Å²) in [6, 6.07) is 9.61. The van der Waals surface area contributed by atoms with Crippen molar-refractivity contribution in [1.82, 2.24) is 14.9 Å². The standard InChI is InChI=1S/C25H30N4OS/c1-3-7-21-26-23(22-19-11-10-17(2)16-20(19)31-24(22)27-21)28-12-14-29(15-13-28)25(30)18-8-5-4-6-9-18/h4-6,8-9,17H,3,7,10-16H2,1-2H3/t17-/m0/s1. The molecule has 1 amide bonds. The number of rotatable bonds is 4. The molecule has 6 heteroatoms. The maximum atomic E-state index is 12.9. The fraction of sp³-hybridized carbons (Fsp3) is 0.480. The van der Waals surface area contributed by atoms with Gasteiger partial charge in [0.1, 0.15) is 16.5 Å². The number of thiophene rings is 1. The molecule has 0 saturated carbocycles. The van der Waals surface area contributed by atoms with Gasteiger partial charge in [0.25, 0.3) is 5.91 Å². The molecule has 1 fully saturated rings. The van der Waals surface area contributed by atoms with Crippen molar-refractivity contribution in [3.63, 3.8) is 0 Å². The van der Waals surface area contributed by atoms with E-state index in [9.17, 15) is 4.79 Å². The van der Waals surface area contributed by atoms with Gasteiger partial charge in [0, 0.05) is 43.0 Å². The van der Waals surface area contributed by atoms with Gasteiger partial charge in [-0.2, -0.15) is 0 Å². The lowest BCUT2D eigenvalue weighted by atomic mass is 9.89. The van der Waals surface area contributed by atoms with Crippen molar-refractivity contribution >= 4 is 33.3 Å². The largest absolute Gasteiger partial charge is 0.352 e. The molecule has 0 N–H and O–H groups in total. The molecular formula is C25H30N4OS. The first-order chi connectivity index (χ1) is 15.1. The second kappa shape index (κ2) is 8.58. The lowest BCUT2D eigenvalue weighted by Gasteiger charge is -2.36. The molecule has 0 spiro atoms. The Morgan fingerprint density at radius 3 is 2.65 bits per heavy atom. The number of hydrogen-bond donors (Lipinski definition) is 0. The van der Waals surface area contributed by atoms with Gasteiger partial charge in [-0.3, -0.25) is 4.79 Å². The third-order valence-corrected chi connectivity index (χ3v) is 7.69. The molecule has 3 aromatic rings. The molecule has 1 aromatic carbocycles. The van der Waals surface area contributed by atoms with Gasteiger partial charge >= 0.3 is 0 Å². The monoisotopic (exact) mass is 434 g/mol. The normalized spacial score (nSPS) is 19.0. The first kappa shape index (κ1) is 20.4. The molecule has 3 heterocycles. The Kier molecular flexibility index (Phi) is 5.65. The van der Waals surface area contributed by atoms with Crippen LogP contribution in [0.3, 0.4) is 0 Å². The average molecular weight is 435 g/mol. The highest BCUT2D eigenvalue weighted by atomic mass is 32.1. The van der Waals surface area contributed by atoms with E-state index in [0.29, 0.717) is 0 Å². The number of aryl methyl sites for hydroxylation is 2. The van der Waals surface area contributed by atoms with Crippen LogP contribution in [0.25, 0.3) is 10.2 Å². The predicted octanol–water partition coefficient (Wildman–Crippen LogP) is 4.73. The number of anilines is 1. The van der Waals surface area contributed by atoms with Crippen LogP contribution in [0.1, 0.15) is 53.3 Å². The maximum absolute atomic E-state index is 12.9. The lowest BCUT2D eigenvalue weighted by molar-refractivity contribution is 0.0746. The number of nitrogens with zero attached hydrogens (tertiary/aromatic N) is 4. The van der Waals surface area contributed by atoms with Crippen molar-refractivity contribution in [2.45, 2.75) is 46.0 Å². The van der Waals surface area contributed by atoms with Gasteiger partial charge in [0.05, 0.1) is 5.39 Å². The summed E-state index contributed by atoms with van der Waals surface area (Å²) in [7, 11) is 0. The molecule has 5 rings (SSSR count). The van der Waals surface area contributed by atoms with E-state index in [-0.39, 0.29) is 5.91 Å². The Bertz CT molecular complexity index is 1090. The second-order valence-corrected chi connectivity index (χ2v) is 9.97. The molecule has 0 radical (unpaired) electrons. The molecule has 1 saturated heterocycles. The molecule has 0 bridgehead atoms. The Morgan fingerprint density at radius 1 is 1.13 bits per heavy atom. The molecule has 0 unspecified atom stereocenters. The van der Waals surface area contributed by atoms with Crippen molar-refractivity contribution in [2.24, 2.45) is 5.92 Å². The zero-order chi connectivity index (χ0) is 21.4. The number of carbonyl (C=O) groups excluding carboxylic acids is 1. The lowest BCUT2D eigenvalue weighted by Crippen LogP contribution is -2.49. The SMILES string of the molecule is CCCc1nc(N2CCN(C(=O)c3ccccc3)CC2)c2c3c(sc2n1)C[C@@H](C)CC3. The number of benzene rings is 1. The summed E-state index contributed by atoms with van der Waals surface area (Å²) in [6.07, 6.45) is 5.50. The first-order valence-corrected chi connectivity index (χ1v) is 12.4. The van der Waals surface area contributed by atoms with Gasteiger partial charge in [0.2, 0.25) is 0 Å². The minimum Gasteiger partial charge on any atom is -0.352 e. The molecule has 162 valence electrons. The Morgan fingerprint density at radius 2 is 1.90 bits per heavy atom. The van der Waals surface area contributed by atoms with Gasteiger partial charge in [-0.1, -0.05) is 32.0 Å². The molecule has 31 heavy (non-hydrogen) atoms. The van der Waals surface area contributed by atoms with E-state index in [1.54, 1.807) is 0 Å². The van der Waals surface area contributed by atoms with Crippen LogP contribution in [0.15, 0.2) is 30.3 Å². The van der Waals surface area contributed by atoms with Gasteiger partial charge < -0.3 is 9.80 Å². The smallest absolute Gasteiger partial charge is 0.253 e. The maximum Gasteiger partial charge on any atom is 0.253 e. The van der Waals surface area contributed by atoms with E-state index < -0.39 is 0 Å². The summed E-state index contributed by atoms with van der Waals surface area (Å²) >= 11 is 1.88. The van der Waals surface area contributed by atoms with Crippen LogP contribution in [0.2, 0.25) is 0 Å². The molecule has 1 atom stereocenters. The third-order valence-electron chi connectivity index (χ3n) is 6.54. The first-order valence-electron chi connectivity index (χ1n) is 11.5. The van der Waals surface area contributed by atoms with Gasteiger partial charge in [0.15, 0.2) is 0 Å². The molecule has 2 aromatic heterocycles. The van der Waals surface area contributed by atoms with Crippen molar-refractivity contribution in [3.8, 4) is 0 Å². The Balaban J connectivity index is 1.44. The Labute approximate surface area is 188 Å². The summed E-state index contributed by atoms with van der Waals surface area (Å²) in [5.74, 6) is 2.94. The van der Waals surface area contributed by atoms with E-state index in [1.807, 2.05) is 46.6 Å². The minimum atomic E-state index is 0.127.